The normalized spacial score (nSPS) is 12.5. The molecule has 0 saturated carbocycles. The lowest BCUT2D eigenvalue weighted by Crippen LogP contribution is -2.10. The number of rotatable bonds is 3. The molecule has 49 heavy (non-hydrogen) atoms. The van der Waals surface area contributed by atoms with Crippen LogP contribution >= 0.6 is 0 Å². The molecule has 0 amide bonds. The van der Waals surface area contributed by atoms with Gasteiger partial charge in [0.15, 0.2) is 11.3 Å². The van der Waals surface area contributed by atoms with E-state index in [1.165, 1.54) is 43.4 Å². The molecular weight excluding hydrogens is 599 g/mol. The summed E-state index contributed by atoms with van der Waals surface area (Å²) in [6.07, 6.45) is 0. The topological polar surface area (TPSA) is 37.8 Å². The van der Waals surface area contributed by atoms with Crippen LogP contribution in [0.3, 0.4) is 0 Å². The highest BCUT2D eigenvalue weighted by molar-refractivity contribution is 6.29. The molecule has 12 aromatic rings. The number of para-hydroxylation sites is 5. The Labute approximate surface area is 279 Å². The van der Waals surface area contributed by atoms with Gasteiger partial charge < -0.3 is 4.90 Å². The average molecular weight is 624 g/mol. The summed E-state index contributed by atoms with van der Waals surface area (Å²) >= 11 is 0. The Bertz CT molecular complexity index is 3230. The molecule has 5 heteroatoms. The maximum atomic E-state index is 5.58. The van der Waals surface area contributed by atoms with Gasteiger partial charge in [-0.2, -0.15) is 0 Å². The van der Waals surface area contributed by atoms with Crippen LogP contribution in [0.5, 0.6) is 0 Å². The summed E-state index contributed by atoms with van der Waals surface area (Å²) in [7, 11) is 0. The zero-order valence-corrected chi connectivity index (χ0v) is 26.2. The summed E-state index contributed by atoms with van der Waals surface area (Å²) in [5.41, 5.74) is 11.6. The first kappa shape index (κ1) is 25.4. The van der Waals surface area contributed by atoms with Crippen LogP contribution in [0.4, 0.5) is 17.1 Å². The van der Waals surface area contributed by atoms with E-state index in [0.717, 1.165) is 61.2 Å². The van der Waals surface area contributed by atoms with Gasteiger partial charge in [0, 0.05) is 43.7 Å². The SMILES string of the molecule is c1ccc(N(c2ccccc2)c2cccc3c4cccc5c6nc7c(nc6n(c23)c45)c2cccc3c4c5ccccc5ccc4n7c23)cc1. The number of benzene rings is 7. The van der Waals surface area contributed by atoms with Crippen molar-refractivity contribution in [2.45, 2.75) is 0 Å². The minimum atomic E-state index is 0.881. The zero-order valence-electron chi connectivity index (χ0n) is 26.2. The number of hydrogen-bond donors (Lipinski definition) is 0. The quantitative estimate of drug-likeness (QED) is 0.197. The lowest BCUT2D eigenvalue weighted by atomic mass is 10.0. The Balaban J connectivity index is 1.26. The van der Waals surface area contributed by atoms with Crippen molar-refractivity contribution in [1.29, 1.82) is 0 Å². The molecule has 226 valence electrons. The molecule has 0 aliphatic rings. The summed E-state index contributed by atoms with van der Waals surface area (Å²) in [4.78, 5) is 13.5. The monoisotopic (exact) mass is 623 g/mol. The third kappa shape index (κ3) is 3.10. The van der Waals surface area contributed by atoms with Gasteiger partial charge in [-0.3, -0.25) is 8.80 Å². The molecule has 7 aromatic carbocycles. The molecule has 0 radical (unpaired) electrons. The number of aromatic nitrogens is 4. The number of fused-ring (bicyclic) bond motifs is 14. The van der Waals surface area contributed by atoms with E-state index < -0.39 is 0 Å². The molecule has 5 nitrogen and oxygen atoms in total. The fourth-order valence-corrected chi connectivity index (χ4v) is 8.60. The molecule has 0 unspecified atom stereocenters. The second kappa shape index (κ2) is 9.00. The van der Waals surface area contributed by atoms with Crippen molar-refractivity contribution in [2.24, 2.45) is 0 Å². The van der Waals surface area contributed by atoms with Gasteiger partial charge in [-0.1, -0.05) is 115 Å². The fraction of sp³-hybridized carbons (Fsp3) is 0. The molecule has 0 saturated heterocycles. The average Bonchev–Trinajstić information content (AvgIpc) is 3.89. The second-order valence-corrected chi connectivity index (χ2v) is 13.0. The third-order valence-electron chi connectivity index (χ3n) is 10.5. The molecule has 0 bridgehead atoms. The van der Waals surface area contributed by atoms with E-state index in [1.54, 1.807) is 0 Å². The Morgan fingerprint density at radius 2 is 0.918 bits per heavy atom. The van der Waals surface area contributed by atoms with Crippen LogP contribution in [0.25, 0.3) is 87.5 Å². The Morgan fingerprint density at radius 1 is 0.388 bits per heavy atom. The van der Waals surface area contributed by atoms with Gasteiger partial charge in [0.05, 0.1) is 27.8 Å². The zero-order chi connectivity index (χ0) is 31.8. The van der Waals surface area contributed by atoms with E-state index in [2.05, 4.69) is 165 Å². The van der Waals surface area contributed by atoms with Gasteiger partial charge in [-0.25, -0.2) is 9.97 Å². The molecule has 0 aliphatic carbocycles. The van der Waals surface area contributed by atoms with Crippen LogP contribution in [0.15, 0.2) is 152 Å². The lowest BCUT2D eigenvalue weighted by molar-refractivity contribution is 1.23. The van der Waals surface area contributed by atoms with Crippen molar-refractivity contribution in [3.8, 4) is 0 Å². The van der Waals surface area contributed by atoms with E-state index in [9.17, 15) is 0 Å². The van der Waals surface area contributed by atoms with Crippen LogP contribution in [0, 0.1) is 0 Å². The Morgan fingerprint density at radius 3 is 1.63 bits per heavy atom. The standard InChI is InChI=1S/C44H25N5/c1-3-13-27(14-4-1)47(28-15-5-2-6-16-28)36-23-11-19-31-30-18-9-21-33-39-44(49(40(30)33)42(31)36)46-38-34-22-10-20-32-37-29-17-8-7-12-26(29)24-25-35(37)48(41(32)34)43(38)45-39/h1-25H. The molecule has 0 fully saturated rings. The summed E-state index contributed by atoms with van der Waals surface area (Å²) < 4.78 is 4.72. The Kier molecular flexibility index (Phi) is 4.66. The maximum Gasteiger partial charge on any atom is 0.165 e. The molecule has 5 aromatic heterocycles. The van der Waals surface area contributed by atoms with Crippen molar-refractivity contribution in [2.75, 3.05) is 4.90 Å². The molecule has 5 heterocycles. The molecule has 12 rings (SSSR count). The van der Waals surface area contributed by atoms with Gasteiger partial charge in [0.1, 0.15) is 11.0 Å². The van der Waals surface area contributed by atoms with Crippen LogP contribution in [0.2, 0.25) is 0 Å². The van der Waals surface area contributed by atoms with Crippen LogP contribution in [0.1, 0.15) is 0 Å². The minimum Gasteiger partial charge on any atom is -0.308 e. The third-order valence-corrected chi connectivity index (χ3v) is 10.5. The molecule has 0 atom stereocenters. The largest absolute Gasteiger partial charge is 0.308 e. The Hall–Kier alpha value is -6.72. The minimum absolute atomic E-state index is 0.881. The lowest BCUT2D eigenvalue weighted by Gasteiger charge is -2.26. The fourth-order valence-electron chi connectivity index (χ4n) is 8.60. The van der Waals surface area contributed by atoms with Gasteiger partial charge >= 0.3 is 0 Å². The molecule has 0 aliphatic heterocycles. The van der Waals surface area contributed by atoms with Crippen molar-refractivity contribution in [3.63, 3.8) is 0 Å². The van der Waals surface area contributed by atoms with Gasteiger partial charge in [0.25, 0.3) is 0 Å². The number of hydrogen-bond acceptors (Lipinski definition) is 3. The predicted octanol–water partition coefficient (Wildman–Crippen LogP) is 11.4. The maximum absolute atomic E-state index is 5.58. The predicted molar refractivity (Wildman–Crippen MR) is 204 cm³/mol. The van der Waals surface area contributed by atoms with Crippen molar-refractivity contribution >= 4 is 105 Å². The first-order chi connectivity index (χ1) is 24.3. The summed E-state index contributed by atoms with van der Waals surface area (Å²) in [5, 5.41) is 9.66. The highest BCUT2D eigenvalue weighted by atomic mass is 15.2. The molecular formula is C44H25N5. The second-order valence-electron chi connectivity index (χ2n) is 13.0. The van der Waals surface area contributed by atoms with E-state index in [1.807, 2.05) is 0 Å². The van der Waals surface area contributed by atoms with Crippen molar-refractivity contribution < 1.29 is 0 Å². The molecule has 0 spiro atoms. The van der Waals surface area contributed by atoms with E-state index in [4.69, 9.17) is 9.97 Å². The van der Waals surface area contributed by atoms with E-state index >= 15 is 0 Å². The van der Waals surface area contributed by atoms with Gasteiger partial charge in [0.2, 0.25) is 0 Å². The summed E-state index contributed by atoms with van der Waals surface area (Å²) in [5.74, 6) is 0. The first-order valence-corrected chi connectivity index (χ1v) is 16.7. The van der Waals surface area contributed by atoms with Crippen molar-refractivity contribution in [3.05, 3.63) is 152 Å². The highest BCUT2D eigenvalue weighted by Gasteiger charge is 2.27. The smallest absolute Gasteiger partial charge is 0.165 e. The number of anilines is 3. The van der Waals surface area contributed by atoms with Crippen LogP contribution < -0.4 is 4.90 Å². The van der Waals surface area contributed by atoms with Crippen LogP contribution in [-0.2, 0) is 0 Å². The number of nitrogens with zero attached hydrogens (tertiary/aromatic N) is 5. The van der Waals surface area contributed by atoms with E-state index in [0.29, 0.717) is 0 Å². The summed E-state index contributed by atoms with van der Waals surface area (Å²) in [6, 6.07) is 54.2. The van der Waals surface area contributed by atoms with Crippen molar-refractivity contribution in [1.82, 2.24) is 18.8 Å². The summed E-state index contributed by atoms with van der Waals surface area (Å²) in [6.45, 7) is 0. The van der Waals surface area contributed by atoms with Gasteiger partial charge in [-0.05, 0) is 47.2 Å². The molecule has 0 N–H and O–H groups in total. The van der Waals surface area contributed by atoms with Crippen LogP contribution in [-0.4, -0.2) is 18.8 Å². The van der Waals surface area contributed by atoms with E-state index in [-0.39, 0.29) is 0 Å². The van der Waals surface area contributed by atoms with Gasteiger partial charge in [-0.15, -0.1) is 0 Å². The highest BCUT2D eigenvalue weighted by Crippen LogP contribution is 2.46. The first-order valence-electron chi connectivity index (χ1n) is 16.7.